The highest BCUT2D eigenvalue weighted by atomic mass is 19.1. The average Bonchev–Trinajstić information content (AvgIpc) is 2.58. The first kappa shape index (κ1) is 21.3. The minimum atomic E-state index is -1.41. The number of nitrogens with zero attached hydrogens (tertiary/aromatic N) is 1. The van der Waals surface area contributed by atoms with Crippen molar-refractivity contribution >= 4 is 0 Å². The first-order valence-corrected chi connectivity index (χ1v) is 10.1. The summed E-state index contributed by atoms with van der Waals surface area (Å²) in [6.07, 6.45) is 0.799. The second kappa shape index (κ2) is 7.81. The lowest BCUT2D eigenvalue weighted by molar-refractivity contribution is -0.149. The zero-order valence-corrected chi connectivity index (χ0v) is 17.9. The predicted octanol–water partition coefficient (Wildman–Crippen LogP) is 3.67. The Labute approximate surface area is 167 Å². The zero-order chi connectivity index (χ0) is 20.7. The molecule has 2 aliphatic rings. The Balaban J connectivity index is 1.82. The van der Waals surface area contributed by atoms with Gasteiger partial charge in [-0.2, -0.15) is 0 Å². The van der Waals surface area contributed by atoms with E-state index in [1.165, 1.54) is 19.4 Å². The van der Waals surface area contributed by atoms with Crippen LogP contribution in [0.4, 0.5) is 4.39 Å². The summed E-state index contributed by atoms with van der Waals surface area (Å²) in [5, 5.41) is 10.7. The van der Waals surface area contributed by atoms with Gasteiger partial charge >= 0.3 is 0 Å². The highest BCUT2D eigenvalue weighted by molar-refractivity contribution is 5.49. The molecule has 6 heteroatoms. The van der Waals surface area contributed by atoms with E-state index in [9.17, 15) is 9.50 Å². The van der Waals surface area contributed by atoms with Crippen LogP contribution in [0.5, 0.6) is 11.5 Å². The fourth-order valence-electron chi connectivity index (χ4n) is 4.08. The van der Waals surface area contributed by atoms with Crippen molar-refractivity contribution in [3.63, 3.8) is 0 Å². The molecule has 2 heterocycles. The quantitative estimate of drug-likeness (QED) is 0.824. The number of fused-ring (bicyclic) bond motifs is 3. The molecule has 0 aromatic heterocycles. The van der Waals surface area contributed by atoms with Crippen LogP contribution in [0.3, 0.4) is 0 Å². The third kappa shape index (κ3) is 4.97. The third-order valence-electron chi connectivity index (χ3n) is 5.28. The SMILES string of the molecule is COc1cc2c(cc1OCC(C)(C)F)CCN1CC(OC(C)(C)C)C(O)CC21. The van der Waals surface area contributed by atoms with Crippen LogP contribution in [-0.2, 0) is 11.2 Å². The molecule has 1 N–H and O–H groups in total. The summed E-state index contributed by atoms with van der Waals surface area (Å²) in [6, 6.07) is 4.09. The number of methoxy groups -OCH3 is 1. The zero-order valence-electron chi connectivity index (χ0n) is 17.9. The fraction of sp³-hybridized carbons (Fsp3) is 0.727. The van der Waals surface area contributed by atoms with Gasteiger partial charge in [-0.3, -0.25) is 4.90 Å². The molecule has 1 saturated heterocycles. The topological polar surface area (TPSA) is 51.2 Å². The normalized spacial score (nSPS) is 25.8. The van der Waals surface area contributed by atoms with Gasteiger partial charge in [-0.25, -0.2) is 4.39 Å². The summed E-state index contributed by atoms with van der Waals surface area (Å²) >= 11 is 0. The van der Waals surface area contributed by atoms with Gasteiger partial charge in [0, 0.05) is 19.1 Å². The second-order valence-electron chi connectivity index (χ2n) is 9.54. The van der Waals surface area contributed by atoms with Gasteiger partial charge in [-0.1, -0.05) is 0 Å². The van der Waals surface area contributed by atoms with Gasteiger partial charge in [0.1, 0.15) is 12.3 Å². The fourth-order valence-corrected chi connectivity index (χ4v) is 4.08. The third-order valence-corrected chi connectivity index (χ3v) is 5.28. The van der Waals surface area contributed by atoms with Gasteiger partial charge in [-0.15, -0.1) is 0 Å². The molecule has 1 fully saturated rings. The van der Waals surface area contributed by atoms with Crippen molar-refractivity contribution in [3.8, 4) is 11.5 Å². The summed E-state index contributed by atoms with van der Waals surface area (Å²) < 4.78 is 31.2. The van der Waals surface area contributed by atoms with E-state index < -0.39 is 11.8 Å². The number of aliphatic hydroxyl groups is 1. The summed E-state index contributed by atoms with van der Waals surface area (Å²) in [6.45, 7) is 10.6. The van der Waals surface area contributed by atoms with E-state index in [-0.39, 0.29) is 24.4 Å². The van der Waals surface area contributed by atoms with Gasteiger partial charge in [0.15, 0.2) is 11.5 Å². The number of ether oxygens (including phenoxy) is 3. The Hall–Kier alpha value is -1.37. The Morgan fingerprint density at radius 2 is 1.89 bits per heavy atom. The number of hydrogen-bond donors (Lipinski definition) is 1. The van der Waals surface area contributed by atoms with Crippen LogP contribution in [0.25, 0.3) is 0 Å². The number of alkyl halides is 1. The maximum Gasteiger partial charge on any atom is 0.161 e. The standard InChI is InChI=1S/C22H34FNO4/c1-21(2,3)28-20-12-24-8-7-14-9-19(27-13-22(4,5)23)18(26-6)10-15(14)16(24)11-17(20)25/h9-10,16-17,20,25H,7-8,11-13H2,1-6H3. The van der Waals surface area contributed by atoms with Crippen LogP contribution >= 0.6 is 0 Å². The van der Waals surface area contributed by atoms with Gasteiger partial charge in [0.25, 0.3) is 0 Å². The molecule has 1 aromatic carbocycles. The highest BCUT2D eigenvalue weighted by Crippen LogP contribution is 2.42. The monoisotopic (exact) mass is 395 g/mol. The lowest BCUT2D eigenvalue weighted by Crippen LogP contribution is -2.53. The number of piperidine rings is 1. The molecule has 0 amide bonds. The van der Waals surface area contributed by atoms with E-state index in [1.807, 2.05) is 32.9 Å². The first-order chi connectivity index (χ1) is 13.0. The van der Waals surface area contributed by atoms with Crippen molar-refractivity contribution in [3.05, 3.63) is 23.3 Å². The molecule has 28 heavy (non-hydrogen) atoms. The Bertz CT molecular complexity index is 695. The molecule has 3 rings (SSSR count). The molecule has 5 nitrogen and oxygen atoms in total. The number of benzene rings is 1. The molecular formula is C22H34FNO4. The van der Waals surface area contributed by atoms with Gasteiger partial charge in [-0.05, 0) is 70.7 Å². The molecular weight excluding hydrogens is 361 g/mol. The summed E-state index contributed by atoms with van der Waals surface area (Å²) in [5.74, 6) is 1.18. The summed E-state index contributed by atoms with van der Waals surface area (Å²) in [7, 11) is 1.60. The molecule has 3 atom stereocenters. The van der Waals surface area contributed by atoms with Crippen LogP contribution in [-0.4, -0.2) is 60.3 Å². The highest BCUT2D eigenvalue weighted by Gasteiger charge is 2.40. The lowest BCUT2D eigenvalue weighted by Gasteiger charge is -2.46. The van der Waals surface area contributed by atoms with E-state index >= 15 is 0 Å². The minimum absolute atomic E-state index is 0.0256. The van der Waals surface area contributed by atoms with E-state index in [4.69, 9.17) is 14.2 Å². The smallest absolute Gasteiger partial charge is 0.161 e. The number of halogens is 1. The van der Waals surface area contributed by atoms with Crippen molar-refractivity contribution in [2.24, 2.45) is 0 Å². The second-order valence-corrected chi connectivity index (χ2v) is 9.54. The molecule has 158 valence electrons. The van der Waals surface area contributed by atoms with Crippen molar-refractivity contribution in [1.29, 1.82) is 0 Å². The first-order valence-electron chi connectivity index (χ1n) is 10.1. The van der Waals surface area contributed by atoms with E-state index in [0.717, 1.165) is 18.5 Å². The number of hydrogen-bond acceptors (Lipinski definition) is 5. The number of rotatable bonds is 5. The maximum absolute atomic E-state index is 13.9. The van der Waals surface area contributed by atoms with Gasteiger partial charge in [0.2, 0.25) is 0 Å². The molecule has 2 aliphatic heterocycles. The van der Waals surface area contributed by atoms with E-state index in [1.54, 1.807) is 7.11 Å². The molecule has 1 aromatic rings. The van der Waals surface area contributed by atoms with Gasteiger partial charge in [0.05, 0.1) is 24.9 Å². The molecule has 0 bridgehead atoms. The van der Waals surface area contributed by atoms with Crippen molar-refractivity contribution in [1.82, 2.24) is 4.90 Å². The van der Waals surface area contributed by atoms with Crippen LogP contribution in [0.15, 0.2) is 12.1 Å². The van der Waals surface area contributed by atoms with E-state index in [0.29, 0.717) is 24.5 Å². The molecule has 0 radical (unpaired) electrons. The Morgan fingerprint density at radius 3 is 2.50 bits per heavy atom. The lowest BCUT2D eigenvalue weighted by atomic mass is 9.84. The summed E-state index contributed by atoms with van der Waals surface area (Å²) in [5.41, 5.74) is 0.637. The van der Waals surface area contributed by atoms with Crippen LogP contribution in [0.2, 0.25) is 0 Å². The molecule has 0 saturated carbocycles. The predicted molar refractivity (Wildman–Crippen MR) is 107 cm³/mol. The average molecular weight is 396 g/mol. The summed E-state index contributed by atoms with van der Waals surface area (Å²) in [4.78, 5) is 2.39. The minimum Gasteiger partial charge on any atom is -0.493 e. The van der Waals surface area contributed by atoms with Crippen LogP contribution in [0.1, 0.15) is 58.2 Å². The Morgan fingerprint density at radius 1 is 1.18 bits per heavy atom. The largest absolute Gasteiger partial charge is 0.493 e. The van der Waals surface area contributed by atoms with E-state index in [2.05, 4.69) is 4.90 Å². The maximum atomic E-state index is 13.9. The molecule has 0 aliphatic carbocycles. The molecule has 3 unspecified atom stereocenters. The number of aliphatic hydroxyl groups excluding tert-OH is 1. The van der Waals surface area contributed by atoms with Crippen molar-refractivity contribution < 1.29 is 23.7 Å². The molecule has 0 spiro atoms. The Kier molecular flexibility index (Phi) is 5.95. The van der Waals surface area contributed by atoms with Gasteiger partial charge < -0.3 is 19.3 Å². The van der Waals surface area contributed by atoms with Crippen LogP contribution < -0.4 is 9.47 Å². The van der Waals surface area contributed by atoms with Crippen molar-refractivity contribution in [2.75, 3.05) is 26.8 Å². The van der Waals surface area contributed by atoms with Crippen molar-refractivity contribution in [2.45, 2.75) is 77.0 Å². The van der Waals surface area contributed by atoms with Crippen LogP contribution in [0, 0.1) is 0 Å².